The van der Waals surface area contributed by atoms with Crippen LogP contribution >= 0.6 is 0 Å². The number of aromatic nitrogens is 4. The molecule has 0 spiro atoms. The minimum Gasteiger partial charge on any atom is -0.341 e. The topological polar surface area (TPSA) is 35.6 Å². The number of hydrogen-bond donors (Lipinski definition) is 0. The Bertz CT molecular complexity index is 1220. The van der Waals surface area contributed by atoms with Crippen molar-refractivity contribution in [2.24, 2.45) is 0 Å². The van der Waals surface area contributed by atoms with Gasteiger partial charge in [0.05, 0.1) is 22.8 Å². The predicted molar refractivity (Wildman–Crippen MR) is 154 cm³/mol. The maximum absolute atomic E-state index is 4.95. The van der Waals surface area contributed by atoms with Crippen molar-refractivity contribution in [2.45, 2.75) is 78.3 Å². The average Bonchev–Trinajstić information content (AvgIpc) is 3.66. The third kappa shape index (κ3) is 5.70. The summed E-state index contributed by atoms with van der Waals surface area (Å²) in [4.78, 5) is 9.90. The van der Waals surface area contributed by atoms with Crippen molar-refractivity contribution in [3.8, 4) is 0 Å². The number of nitrogens with zero attached hydrogens (tertiary/aromatic N) is 4. The highest BCUT2D eigenvalue weighted by atomic mass is 15.0. The molecule has 0 aliphatic carbocycles. The second kappa shape index (κ2) is 11.6. The van der Waals surface area contributed by atoms with Gasteiger partial charge < -0.3 is 9.13 Å². The highest BCUT2D eigenvalue weighted by Crippen LogP contribution is 2.22. The normalized spacial score (nSPS) is 12.5. The molecule has 2 aliphatic heterocycles. The third-order valence-electron chi connectivity index (χ3n) is 7.12. The Morgan fingerprint density at radius 1 is 0.472 bits per heavy atom. The molecular formula is C32H38N4. The lowest BCUT2D eigenvalue weighted by molar-refractivity contribution is 0.602. The smallest absolute Gasteiger partial charge is 0.0658 e. The third-order valence-corrected chi connectivity index (χ3v) is 7.12. The van der Waals surface area contributed by atoms with Crippen molar-refractivity contribution in [3.63, 3.8) is 0 Å². The summed E-state index contributed by atoms with van der Waals surface area (Å²) in [5, 5.41) is 0. The molecule has 0 atom stereocenters. The van der Waals surface area contributed by atoms with Crippen LogP contribution in [0.1, 0.15) is 88.0 Å². The first-order chi connectivity index (χ1) is 17.7. The molecule has 0 saturated carbocycles. The molecule has 36 heavy (non-hydrogen) atoms. The van der Waals surface area contributed by atoms with Gasteiger partial charge in [0.25, 0.3) is 0 Å². The Balaban J connectivity index is 1.65. The molecule has 0 amide bonds. The monoisotopic (exact) mass is 478 g/mol. The maximum Gasteiger partial charge on any atom is 0.0658 e. The summed E-state index contributed by atoms with van der Waals surface area (Å²) < 4.78 is 4.84. The zero-order valence-electron chi connectivity index (χ0n) is 21.8. The average molecular weight is 479 g/mol. The summed E-state index contributed by atoms with van der Waals surface area (Å²) in [6.45, 7) is 6.55. The second-order valence-electron chi connectivity index (χ2n) is 9.96. The van der Waals surface area contributed by atoms with Crippen molar-refractivity contribution < 1.29 is 0 Å². The van der Waals surface area contributed by atoms with Gasteiger partial charge in [-0.1, -0.05) is 52.4 Å². The summed E-state index contributed by atoms with van der Waals surface area (Å²) in [6.07, 6.45) is 18.5. The molecule has 8 bridgehead atoms. The van der Waals surface area contributed by atoms with Gasteiger partial charge in [0.1, 0.15) is 0 Å². The van der Waals surface area contributed by atoms with E-state index in [1.54, 1.807) is 0 Å². The van der Waals surface area contributed by atoms with E-state index in [0.29, 0.717) is 0 Å². The first-order valence-electron chi connectivity index (χ1n) is 13.8. The van der Waals surface area contributed by atoms with E-state index < -0.39 is 0 Å². The molecule has 2 aliphatic rings. The van der Waals surface area contributed by atoms with Crippen LogP contribution in [0.15, 0.2) is 48.5 Å². The quantitative estimate of drug-likeness (QED) is 0.188. The standard InChI is InChI=1S/C32H38N4/c1-3-5-7-9-19-35-29-15-16-30(35)22-26-12-14-28(34-26)24-32-18-17-31(36(32)20-10-8-6-4-2)23-27-13-11-25(21-29)33-27/h11-18,21-24H,3-10,19-20H2,1-2H3. The van der Waals surface area contributed by atoms with E-state index >= 15 is 0 Å². The zero-order valence-corrected chi connectivity index (χ0v) is 21.8. The lowest BCUT2D eigenvalue weighted by Gasteiger charge is -2.07. The van der Waals surface area contributed by atoms with Crippen LogP contribution in [0.4, 0.5) is 0 Å². The Kier molecular flexibility index (Phi) is 7.80. The van der Waals surface area contributed by atoms with E-state index in [4.69, 9.17) is 9.97 Å². The van der Waals surface area contributed by atoms with Crippen LogP contribution in [-0.2, 0) is 13.1 Å². The molecule has 5 rings (SSSR count). The Morgan fingerprint density at radius 2 is 0.806 bits per heavy atom. The van der Waals surface area contributed by atoms with Crippen LogP contribution in [-0.4, -0.2) is 19.1 Å². The lowest BCUT2D eigenvalue weighted by atomic mass is 10.2. The fourth-order valence-electron chi connectivity index (χ4n) is 5.13. The fraction of sp³-hybridized carbons (Fsp3) is 0.375. The van der Waals surface area contributed by atoms with Crippen molar-refractivity contribution in [3.05, 3.63) is 71.3 Å². The fourth-order valence-corrected chi connectivity index (χ4v) is 5.13. The minimum atomic E-state index is 1.01. The number of fused-ring (bicyclic) bond motifs is 8. The minimum absolute atomic E-state index is 1.01. The number of rotatable bonds is 10. The molecule has 0 saturated heterocycles. The molecule has 0 radical (unpaired) electrons. The van der Waals surface area contributed by atoms with E-state index in [1.807, 2.05) is 0 Å². The molecule has 0 aromatic carbocycles. The largest absolute Gasteiger partial charge is 0.341 e. The van der Waals surface area contributed by atoms with E-state index in [2.05, 4.69) is 95.8 Å². The molecule has 5 heterocycles. The molecule has 186 valence electrons. The summed E-state index contributed by atoms with van der Waals surface area (Å²) >= 11 is 0. The van der Waals surface area contributed by atoms with Crippen molar-refractivity contribution in [1.82, 2.24) is 19.1 Å². The van der Waals surface area contributed by atoms with Crippen LogP contribution in [0.5, 0.6) is 0 Å². The van der Waals surface area contributed by atoms with Crippen molar-refractivity contribution in [2.75, 3.05) is 0 Å². The van der Waals surface area contributed by atoms with Crippen LogP contribution < -0.4 is 0 Å². The van der Waals surface area contributed by atoms with Gasteiger partial charge >= 0.3 is 0 Å². The molecule has 4 nitrogen and oxygen atoms in total. The van der Waals surface area contributed by atoms with Gasteiger partial charge in [0, 0.05) is 35.2 Å². The summed E-state index contributed by atoms with van der Waals surface area (Å²) in [6, 6.07) is 17.7. The highest BCUT2D eigenvalue weighted by molar-refractivity contribution is 5.78. The van der Waals surface area contributed by atoms with Crippen molar-refractivity contribution in [1.29, 1.82) is 0 Å². The Morgan fingerprint density at radius 3 is 1.11 bits per heavy atom. The van der Waals surface area contributed by atoms with Gasteiger partial charge in [0.2, 0.25) is 0 Å². The number of unbranched alkanes of at least 4 members (excludes halogenated alkanes) is 6. The molecular weight excluding hydrogens is 440 g/mol. The van der Waals surface area contributed by atoms with E-state index in [9.17, 15) is 0 Å². The van der Waals surface area contributed by atoms with Crippen LogP contribution in [0.2, 0.25) is 0 Å². The summed E-state index contributed by atoms with van der Waals surface area (Å²) in [5.41, 5.74) is 8.85. The number of hydrogen-bond acceptors (Lipinski definition) is 2. The van der Waals surface area contributed by atoms with Crippen LogP contribution in [0, 0.1) is 0 Å². The predicted octanol–water partition coefficient (Wildman–Crippen LogP) is 8.76. The van der Waals surface area contributed by atoms with Gasteiger partial charge in [-0.15, -0.1) is 0 Å². The second-order valence-corrected chi connectivity index (χ2v) is 9.96. The van der Waals surface area contributed by atoms with Gasteiger partial charge in [-0.25, -0.2) is 9.97 Å². The van der Waals surface area contributed by atoms with E-state index in [0.717, 1.165) is 35.9 Å². The molecule has 0 fully saturated rings. The van der Waals surface area contributed by atoms with Gasteiger partial charge in [-0.3, -0.25) is 0 Å². The summed E-state index contributed by atoms with van der Waals surface area (Å²) in [7, 11) is 0. The van der Waals surface area contributed by atoms with Crippen molar-refractivity contribution >= 4 is 46.4 Å². The Labute approximate surface area is 215 Å². The zero-order chi connectivity index (χ0) is 24.7. The SMILES string of the molecule is CCCCCCn1c2ccc1cc1nc(cc3ccc(cc4nc(c2)C=C4)n3CCCCCC)C=C1. The lowest BCUT2D eigenvalue weighted by Crippen LogP contribution is -1.98. The summed E-state index contributed by atoms with van der Waals surface area (Å²) in [5.74, 6) is 0. The van der Waals surface area contributed by atoms with Crippen LogP contribution in [0.3, 0.4) is 0 Å². The first-order valence-corrected chi connectivity index (χ1v) is 13.8. The van der Waals surface area contributed by atoms with Gasteiger partial charge in [-0.05, 0) is 85.7 Å². The first kappa shape index (κ1) is 24.3. The molecule has 0 N–H and O–H groups in total. The number of aryl methyl sites for hydroxylation is 2. The maximum atomic E-state index is 4.95. The van der Waals surface area contributed by atoms with E-state index in [1.165, 1.54) is 73.4 Å². The Hall–Kier alpha value is -3.40. The van der Waals surface area contributed by atoms with Crippen LogP contribution in [0.25, 0.3) is 46.4 Å². The van der Waals surface area contributed by atoms with Gasteiger partial charge in [-0.2, -0.15) is 0 Å². The highest BCUT2D eigenvalue weighted by Gasteiger charge is 2.07. The molecule has 4 heteroatoms. The molecule has 3 aromatic rings. The van der Waals surface area contributed by atoms with E-state index in [-0.39, 0.29) is 0 Å². The molecule has 0 unspecified atom stereocenters. The van der Waals surface area contributed by atoms with Gasteiger partial charge in [0.15, 0.2) is 0 Å². The molecule has 3 aromatic heterocycles.